The van der Waals surface area contributed by atoms with Crippen LogP contribution in [0.3, 0.4) is 0 Å². The zero-order chi connectivity index (χ0) is 30.4. The van der Waals surface area contributed by atoms with Crippen molar-refractivity contribution < 1.29 is 37.5 Å². The highest BCUT2D eigenvalue weighted by molar-refractivity contribution is 9.10. The van der Waals surface area contributed by atoms with Crippen molar-refractivity contribution in [3.05, 3.63) is 68.6 Å². The van der Waals surface area contributed by atoms with Crippen LogP contribution in [0.4, 0.5) is 0 Å². The summed E-state index contributed by atoms with van der Waals surface area (Å²) in [6, 6.07) is 14.6. The Morgan fingerprint density at radius 3 is 1.68 bits per heavy atom. The van der Waals surface area contributed by atoms with Gasteiger partial charge in [0.1, 0.15) is 6.10 Å². The fourth-order valence-electron chi connectivity index (χ4n) is 3.64. The van der Waals surface area contributed by atoms with E-state index in [2.05, 4.69) is 31.9 Å². The SMILES string of the molecule is COC(=O)[C@](C)(C[C@H](O[Si](C)(C)C(C)(C)C)C(=O)O)CP(=O)(OCc1ccc(Br)cc1)OCc1ccc(Br)cc1. The third kappa shape index (κ3) is 10.2. The third-order valence-corrected chi connectivity index (χ3v) is 14.7. The Labute approximate surface area is 255 Å². The minimum atomic E-state index is -3.99. The summed E-state index contributed by atoms with van der Waals surface area (Å²) in [6.07, 6.45) is -1.99. The number of esters is 1. The number of carbonyl (C=O) groups excluding carboxylic acids is 1. The van der Waals surface area contributed by atoms with E-state index in [1.807, 2.05) is 82.4 Å². The van der Waals surface area contributed by atoms with Gasteiger partial charge in [0.25, 0.3) is 0 Å². The lowest BCUT2D eigenvalue weighted by Crippen LogP contribution is -2.49. The van der Waals surface area contributed by atoms with Crippen LogP contribution >= 0.6 is 39.5 Å². The first kappa shape index (κ1) is 34.9. The summed E-state index contributed by atoms with van der Waals surface area (Å²) < 4.78 is 39.1. The zero-order valence-corrected chi connectivity index (χ0v) is 29.1. The number of halogens is 2. The maximum atomic E-state index is 14.3. The van der Waals surface area contributed by atoms with Crippen molar-refractivity contribution in [2.24, 2.45) is 5.41 Å². The normalized spacial score (nSPS) is 14.8. The van der Waals surface area contributed by atoms with Crippen molar-refractivity contribution in [3.63, 3.8) is 0 Å². The Morgan fingerprint density at radius 2 is 1.32 bits per heavy atom. The molecule has 40 heavy (non-hydrogen) atoms. The van der Waals surface area contributed by atoms with Crippen molar-refractivity contribution in [3.8, 4) is 0 Å². The molecule has 0 aliphatic heterocycles. The van der Waals surface area contributed by atoms with Crippen molar-refractivity contribution in [1.82, 2.24) is 0 Å². The van der Waals surface area contributed by atoms with Gasteiger partial charge in [-0.05, 0) is 66.9 Å². The number of carboxylic acids is 1. The molecule has 0 aliphatic carbocycles. The predicted molar refractivity (Wildman–Crippen MR) is 165 cm³/mol. The molecule has 0 saturated heterocycles. The number of carbonyl (C=O) groups is 2. The van der Waals surface area contributed by atoms with Gasteiger partial charge in [0.15, 0.2) is 8.32 Å². The van der Waals surface area contributed by atoms with E-state index in [4.69, 9.17) is 18.2 Å². The monoisotopic (exact) mass is 720 g/mol. The van der Waals surface area contributed by atoms with E-state index in [0.29, 0.717) is 0 Å². The number of hydrogen-bond acceptors (Lipinski definition) is 7. The quantitative estimate of drug-likeness (QED) is 0.118. The lowest BCUT2D eigenvalue weighted by Gasteiger charge is -2.40. The second kappa shape index (κ2) is 14.2. The predicted octanol–water partition coefficient (Wildman–Crippen LogP) is 8.18. The molecule has 0 amide bonds. The minimum Gasteiger partial charge on any atom is -0.479 e. The van der Waals surface area contributed by atoms with Gasteiger partial charge in [-0.25, -0.2) is 4.79 Å². The van der Waals surface area contributed by atoms with E-state index in [1.165, 1.54) is 14.0 Å². The first-order chi connectivity index (χ1) is 18.4. The smallest absolute Gasteiger partial charge is 0.332 e. The fourth-order valence-corrected chi connectivity index (χ4v) is 7.48. The maximum absolute atomic E-state index is 14.3. The molecule has 0 heterocycles. The van der Waals surface area contributed by atoms with Gasteiger partial charge in [-0.2, -0.15) is 0 Å². The van der Waals surface area contributed by atoms with Crippen molar-refractivity contribution in [2.75, 3.05) is 13.3 Å². The van der Waals surface area contributed by atoms with Crippen LogP contribution in [-0.4, -0.2) is 44.7 Å². The van der Waals surface area contributed by atoms with Gasteiger partial charge in [0.05, 0.1) is 31.9 Å². The number of benzene rings is 2. The van der Waals surface area contributed by atoms with Crippen LogP contribution in [0.15, 0.2) is 57.5 Å². The Balaban J connectivity index is 2.41. The van der Waals surface area contributed by atoms with Crippen LogP contribution in [-0.2, 0) is 45.6 Å². The van der Waals surface area contributed by atoms with Crippen LogP contribution in [0.1, 0.15) is 45.2 Å². The second-order valence-corrected chi connectivity index (χ2v) is 20.2. The Kier molecular flexibility index (Phi) is 12.4. The largest absolute Gasteiger partial charge is 0.479 e. The molecule has 0 aliphatic rings. The molecule has 0 aromatic heterocycles. The molecule has 0 unspecified atom stereocenters. The molecule has 2 rings (SSSR count). The van der Waals surface area contributed by atoms with E-state index in [1.54, 1.807) is 0 Å². The van der Waals surface area contributed by atoms with E-state index in [-0.39, 0.29) is 24.7 Å². The van der Waals surface area contributed by atoms with Gasteiger partial charge in [-0.15, -0.1) is 0 Å². The van der Waals surface area contributed by atoms with Crippen LogP contribution in [0.2, 0.25) is 18.1 Å². The van der Waals surface area contributed by atoms with E-state index in [0.717, 1.165) is 20.1 Å². The topological polar surface area (TPSA) is 108 Å². The molecule has 8 nitrogen and oxygen atoms in total. The number of carboxylic acid groups (broad SMARTS) is 1. The molecule has 2 aromatic carbocycles. The number of methoxy groups -OCH3 is 1. The standard InChI is InChI=1S/C28H39Br2O8PSi/c1-27(2,3)40(6,7)38-24(25(31)32)16-28(4,26(33)35-5)19-39(34,36-17-20-8-12-22(29)13-9-20)37-18-21-10-14-23(30)15-11-21/h8-15,24H,16-19H2,1-7H3,(H,31,32)/t24-,28+/m0/s1. The molecule has 0 radical (unpaired) electrons. The van der Waals surface area contributed by atoms with Gasteiger partial charge in [0.2, 0.25) is 0 Å². The minimum absolute atomic E-state index is 0.0367. The van der Waals surface area contributed by atoms with Gasteiger partial charge in [-0.1, -0.05) is 76.9 Å². The van der Waals surface area contributed by atoms with Crippen LogP contribution in [0.5, 0.6) is 0 Å². The van der Waals surface area contributed by atoms with Crippen molar-refractivity contribution in [2.45, 2.75) is 71.6 Å². The molecule has 0 bridgehead atoms. The van der Waals surface area contributed by atoms with Crippen LogP contribution < -0.4 is 0 Å². The third-order valence-electron chi connectivity index (χ3n) is 7.06. The summed E-state index contributed by atoms with van der Waals surface area (Å²) in [5.41, 5.74) is -0.0463. The first-order valence-corrected chi connectivity index (χ1v) is 19.0. The summed E-state index contributed by atoms with van der Waals surface area (Å²) in [7, 11) is -5.32. The average Bonchev–Trinajstić information content (AvgIpc) is 2.86. The Bertz CT molecular complexity index is 1140. The zero-order valence-electron chi connectivity index (χ0n) is 24.0. The molecule has 222 valence electrons. The molecule has 1 N–H and O–H groups in total. The first-order valence-electron chi connectivity index (χ1n) is 12.8. The average molecular weight is 722 g/mol. The number of aliphatic carboxylic acids is 1. The Hall–Kier alpha value is -1.33. The molecule has 0 saturated carbocycles. The van der Waals surface area contributed by atoms with Crippen LogP contribution in [0.25, 0.3) is 0 Å². The van der Waals surface area contributed by atoms with Gasteiger partial charge < -0.3 is 23.3 Å². The van der Waals surface area contributed by atoms with Crippen LogP contribution in [0, 0.1) is 5.41 Å². The number of hydrogen-bond donors (Lipinski definition) is 1. The lowest BCUT2D eigenvalue weighted by molar-refractivity contribution is -0.156. The summed E-state index contributed by atoms with van der Waals surface area (Å²) in [4.78, 5) is 25.5. The fraction of sp³-hybridized carbons (Fsp3) is 0.500. The van der Waals surface area contributed by atoms with Gasteiger partial charge in [0, 0.05) is 8.95 Å². The second-order valence-electron chi connectivity index (χ2n) is 11.5. The summed E-state index contributed by atoms with van der Waals surface area (Å²) in [5.74, 6) is -1.93. The molecule has 0 fully saturated rings. The van der Waals surface area contributed by atoms with E-state index >= 15 is 0 Å². The van der Waals surface area contributed by atoms with Crippen molar-refractivity contribution >= 4 is 59.7 Å². The van der Waals surface area contributed by atoms with Gasteiger partial charge in [-0.3, -0.25) is 9.36 Å². The highest BCUT2D eigenvalue weighted by Crippen LogP contribution is 2.55. The highest BCUT2D eigenvalue weighted by atomic mass is 79.9. The van der Waals surface area contributed by atoms with E-state index in [9.17, 15) is 19.3 Å². The molecule has 2 aromatic rings. The van der Waals surface area contributed by atoms with Gasteiger partial charge >= 0.3 is 19.5 Å². The molecule has 0 spiro atoms. The summed E-state index contributed by atoms with van der Waals surface area (Å²) >= 11 is 6.78. The highest BCUT2D eigenvalue weighted by Gasteiger charge is 2.49. The van der Waals surface area contributed by atoms with E-state index < -0.39 is 45.5 Å². The maximum Gasteiger partial charge on any atom is 0.332 e. The summed E-state index contributed by atoms with van der Waals surface area (Å²) in [5, 5.41) is 9.81. The summed E-state index contributed by atoms with van der Waals surface area (Å²) in [6.45, 7) is 11.3. The molecular weight excluding hydrogens is 683 g/mol. The lowest BCUT2D eigenvalue weighted by atomic mass is 9.86. The number of rotatable bonds is 14. The van der Waals surface area contributed by atoms with Crippen molar-refractivity contribution in [1.29, 1.82) is 0 Å². The Morgan fingerprint density at radius 1 is 0.900 bits per heavy atom. The molecule has 2 atom stereocenters. The molecule has 12 heteroatoms. The molecular formula is C28H39Br2O8PSi. The number of ether oxygens (including phenoxy) is 1.